The largest absolute Gasteiger partial charge is 0.413 e. The first-order valence-corrected chi connectivity index (χ1v) is 8.36. The summed E-state index contributed by atoms with van der Waals surface area (Å²) in [5.74, 6) is 0. The predicted molar refractivity (Wildman–Crippen MR) is 67.1 cm³/mol. The van der Waals surface area contributed by atoms with E-state index in [1.54, 1.807) is 0 Å². The number of hydrogen-bond donors (Lipinski definition) is 0. The average Bonchev–Trinajstić information content (AvgIpc) is 2.29. The molecule has 1 aliphatic heterocycles. The molecule has 0 aromatic heterocycles. The zero-order valence-electron chi connectivity index (χ0n) is 9.28. The van der Waals surface area contributed by atoms with Gasteiger partial charge in [0, 0.05) is 6.61 Å². The Hall–Kier alpha value is -0.863. The van der Waals surface area contributed by atoms with Gasteiger partial charge in [-0.2, -0.15) is 0 Å². The van der Waals surface area contributed by atoms with Gasteiger partial charge in [0.05, 0.1) is 0 Å². The molecule has 1 atom stereocenters. The minimum absolute atomic E-state index is 0.960. The van der Waals surface area contributed by atoms with Crippen LogP contribution in [0.1, 0.15) is 18.4 Å². The summed E-state index contributed by atoms with van der Waals surface area (Å²) in [5, 5.41) is 0. The van der Waals surface area contributed by atoms with Crippen molar-refractivity contribution in [3.8, 4) is 0 Å². The van der Waals surface area contributed by atoms with Gasteiger partial charge in [0.25, 0.3) is 0 Å². The van der Waals surface area contributed by atoms with Gasteiger partial charge in [-0.1, -0.05) is 48.5 Å². The standard InChI is InChI=1S/C13H18OSi/c1-15(11-6-5-10-14-15)12-9-13-7-3-2-4-8-13/h2-4,7-9,12H,5-6,10-11H2,1H3. The summed E-state index contributed by atoms with van der Waals surface area (Å²) in [7, 11) is -1.50. The Bertz CT molecular complexity index is 326. The Balaban J connectivity index is 2.04. The molecule has 0 saturated carbocycles. The van der Waals surface area contributed by atoms with Gasteiger partial charge in [-0.15, -0.1) is 0 Å². The molecule has 1 saturated heterocycles. The lowest BCUT2D eigenvalue weighted by Crippen LogP contribution is -2.35. The van der Waals surface area contributed by atoms with Crippen molar-refractivity contribution >= 4 is 14.4 Å². The molecule has 80 valence electrons. The predicted octanol–water partition coefficient (Wildman–Crippen LogP) is 3.62. The van der Waals surface area contributed by atoms with Gasteiger partial charge in [-0.3, -0.25) is 0 Å². The van der Waals surface area contributed by atoms with Crippen molar-refractivity contribution in [1.29, 1.82) is 0 Å². The minimum atomic E-state index is -1.50. The maximum atomic E-state index is 5.94. The van der Waals surface area contributed by atoms with E-state index in [2.05, 4.69) is 42.6 Å². The molecule has 0 bridgehead atoms. The third-order valence-electron chi connectivity index (χ3n) is 2.93. The van der Waals surface area contributed by atoms with Gasteiger partial charge in [-0.25, -0.2) is 0 Å². The van der Waals surface area contributed by atoms with Crippen molar-refractivity contribution in [2.45, 2.75) is 25.4 Å². The van der Waals surface area contributed by atoms with E-state index in [0.717, 1.165) is 6.61 Å². The monoisotopic (exact) mass is 218 g/mol. The van der Waals surface area contributed by atoms with E-state index in [4.69, 9.17) is 4.43 Å². The van der Waals surface area contributed by atoms with Crippen LogP contribution >= 0.6 is 0 Å². The highest BCUT2D eigenvalue weighted by atomic mass is 28.4. The molecule has 1 heterocycles. The highest BCUT2D eigenvalue weighted by Crippen LogP contribution is 2.23. The van der Waals surface area contributed by atoms with Gasteiger partial charge in [0.2, 0.25) is 8.32 Å². The van der Waals surface area contributed by atoms with Crippen LogP contribution in [-0.2, 0) is 4.43 Å². The molecule has 1 nitrogen and oxygen atoms in total. The topological polar surface area (TPSA) is 9.23 Å². The highest BCUT2D eigenvalue weighted by molar-refractivity contribution is 6.78. The molecular weight excluding hydrogens is 200 g/mol. The van der Waals surface area contributed by atoms with Crippen molar-refractivity contribution < 1.29 is 4.43 Å². The van der Waals surface area contributed by atoms with Crippen LogP contribution in [0.25, 0.3) is 6.08 Å². The molecule has 1 aromatic rings. The Morgan fingerprint density at radius 2 is 2.00 bits per heavy atom. The molecule has 1 aromatic carbocycles. The molecule has 0 N–H and O–H groups in total. The second-order valence-corrected chi connectivity index (χ2v) is 8.11. The van der Waals surface area contributed by atoms with E-state index < -0.39 is 8.32 Å². The fraction of sp³-hybridized carbons (Fsp3) is 0.385. The molecule has 0 amide bonds. The third kappa shape index (κ3) is 3.04. The summed E-state index contributed by atoms with van der Waals surface area (Å²) in [6.45, 7) is 3.27. The van der Waals surface area contributed by atoms with Crippen LogP contribution in [0.3, 0.4) is 0 Å². The smallest absolute Gasteiger partial charge is 0.214 e. The first-order chi connectivity index (χ1) is 7.29. The minimum Gasteiger partial charge on any atom is -0.413 e. The van der Waals surface area contributed by atoms with E-state index in [9.17, 15) is 0 Å². The molecule has 15 heavy (non-hydrogen) atoms. The molecule has 1 fully saturated rings. The number of rotatable bonds is 2. The van der Waals surface area contributed by atoms with Crippen molar-refractivity contribution in [3.05, 3.63) is 41.6 Å². The third-order valence-corrected chi connectivity index (χ3v) is 6.01. The van der Waals surface area contributed by atoms with Crippen molar-refractivity contribution in [3.63, 3.8) is 0 Å². The van der Waals surface area contributed by atoms with Crippen molar-refractivity contribution in [2.24, 2.45) is 0 Å². The lowest BCUT2D eigenvalue weighted by molar-refractivity contribution is 0.279. The van der Waals surface area contributed by atoms with E-state index >= 15 is 0 Å². The Kier molecular flexibility index (Phi) is 3.39. The molecule has 0 radical (unpaired) electrons. The maximum Gasteiger partial charge on any atom is 0.214 e. The lowest BCUT2D eigenvalue weighted by atomic mass is 10.2. The molecule has 0 aliphatic carbocycles. The highest BCUT2D eigenvalue weighted by Gasteiger charge is 2.27. The van der Waals surface area contributed by atoms with E-state index in [1.165, 1.54) is 24.4 Å². The fourth-order valence-corrected chi connectivity index (χ4v) is 4.44. The Morgan fingerprint density at radius 3 is 2.67 bits per heavy atom. The summed E-state index contributed by atoms with van der Waals surface area (Å²) in [4.78, 5) is 0. The normalized spacial score (nSPS) is 27.0. The summed E-state index contributed by atoms with van der Waals surface area (Å²) < 4.78 is 5.94. The molecule has 2 rings (SSSR count). The van der Waals surface area contributed by atoms with Crippen LogP contribution in [0, 0.1) is 0 Å². The average molecular weight is 218 g/mol. The summed E-state index contributed by atoms with van der Waals surface area (Å²) >= 11 is 0. The van der Waals surface area contributed by atoms with Gasteiger partial charge in [0.1, 0.15) is 0 Å². The zero-order valence-corrected chi connectivity index (χ0v) is 10.3. The van der Waals surface area contributed by atoms with E-state index in [0.29, 0.717) is 0 Å². The van der Waals surface area contributed by atoms with Crippen molar-refractivity contribution in [1.82, 2.24) is 0 Å². The van der Waals surface area contributed by atoms with E-state index in [-0.39, 0.29) is 0 Å². The SMILES string of the molecule is C[Si]1(C=Cc2ccccc2)CCCCO1. The molecule has 1 unspecified atom stereocenters. The second-order valence-electron chi connectivity index (χ2n) is 4.36. The van der Waals surface area contributed by atoms with Crippen LogP contribution in [0.2, 0.25) is 12.6 Å². The fourth-order valence-electron chi connectivity index (χ4n) is 1.92. The van der Waals surface area contributed by atoms with Gasteiger partial charge >= 0.3 is 0 Å². The van der Waals surface area contributed by atoms with Gasteiger partial charge in [-0.05, 0) is 24.6 Å². The van der Waals surface area contributed by atoms with Crippen LogP contribution < -0.4 is 0 Å². The number of hydrogen-bond acceptors (Lipinski definition) is 1. The van der Waals surface area contributed by atoms with Crippen molar-refractivity contribution in [2.75, 3.05) is 6.61 Å². The lowest BCUT2D eigenvalue weighted by Gasteiger charge is -2.28. The van der Waals surface area contributed by atoms with Gasteiger partial charge < -0.3 is 4.43 Å². The molecule has 0 spiro atoms. The quantitative estimate of drug-likeness (QED) is 0.689. The Labute approximate surface area is 92.9 Å². The van der Waals surface area contributed by atoms with Gasteiger partial charge in [0.15, 0.2) is 0 Å². The Morgan fingerprint density at radius 1 is 1.20 bits per heavy atom. The molecule has 1 aliphatic rings. The second kappa shape index (κ2) is 4.77. The molecule has 2 heteroatoms. The summed E-state index contributed by atoms with van der Waals surface area (Å²) in [6.07, 6.45) is 4.79. The maximum absolute atomic E-state index is 5.94. The van der Waals surface area contributed by atoms with Crippen LogP contribution in [-0.4, -0.2) is 14.9 Å². The van der Waals surface area contributed by atoms with Crippen LogP contribution in [0.5, 0.6) is 0 Å². The summed E-state index contributed by atoms with van der Waals surface area (Å²) in [5.41, 5.74) is 3.61. The van der Waals surface area contributed by atoms with Crippen LogP contribution in [0.15, 0.2) is 36.0 Å². The summed E-state index contributed by atoms with van der Waals surface area (Å²) in [6, 6.07) is 11.7. The first-order valence-electron chi connectivity index (χ1n) is 5.67. The zero-order chi connectivity index (χ0) is 10.6. The van der Waals surface area contributed by atoms with Crippen LogP contribution in [0.4, 0.5) is 0 Å². The molecular formula is C13H18OSi. The van der Waals surface area contributed by atoms with E-state index in [1.807, 2.05) is 6.07 Å². The number of benzene rings is 1. The first kappa shape index (κ1) is 10.6.